The maximum atomic E-state index is 11.7. The van der Waals surface area contributed by atoms with Crippen molar-refractivity contribution in [2.75, 3.05) is 6.61 Å². The van der Waals surface area contributed by atoms with Gasteiger partial charge in [-0.3, -0.25) is 0 Å². The lowest BCUT2D eigenvalue weighted by Crippen LogP contribution is -2.55. The minimum atomic E-state index is -2.07. The first kappa shape index (κ1) is 38.2. The first-order chi connectivity index (χ1) is 19.9. The summed E-state index contributed by atoms with van der Waals surface area (Å²) in [6.45, 7) is 35.6. The second-order valence-electron chi connectivity index (χ2n) is 19.3. The molecule has 3 saturated carbocycles. The van der Waals surface area contributed by atoms with Crippen molar-refractivity contribution >= 4 is 16.6 Å². The maximum Gasteiger partial charge on any atom is 0.192 e. The predicted molar refractivity (Wildman–Crippen MR) is 193 cm³/mol. The molecule has 0 spiro atoms. The fraction of sp³-hybridized carbons (Fsp3) is 0.895. The van der Waals surface area contributed by atoms with E-state index in [1.54, 1.807) is 5.57 Å². The van der Waals surface area contributed by atoms with Gasteiger partial charge in [0, 0.05) is 6.61 Å². The molecule has 3 rings (SSSR count). The van der Waals surface area contributed by atoms with Gasteiger partial charge in [-0.25, -0.2) is 0 Å². The van der Waals surface area contributed by atoms with E-state index in [1.807, 2.05) is 0 Å². The quantitative estimate of drug-likeness (QED) is 0.253. The number of hydrogen-bond donors (Lipinski definition) is 1. The third-order valence-electron chi connectivity index (χ3n) is 12.6. The van der Waals surface area contributed by atoms with Gasteiger partial charge in [0.05, 0.1) is 18.3 Å². The van der Waals surface area contributed by atoms with Crippen LogP contribution < -0.4 is 0 Å². The number of allylic oxidation sites excluding steroid dienone is 3. The molecule has 0 aromatic carbocycles. The van der Waals surface area contributed by atoms with Crippen LogP contribution in [0.25, 0.3) is 0 Å². The lowest BCUT2D eigenvalue weighted by Gasteiger charge is -2.47. The summed E-state index contributed by atoms with van der Waals surface area (Å²) in [6.07, 6.45) is 13.2. The molecule has 6 heteroatoms. The summed E-state index contributed by atoms with van der Waals surface area (Å²) in [7, 11) is -4.14. The number of aliphatic hydroxyl groups is 1. The summed E-state index contributed by atoms with van der Waals surface area (Å²) in [6, 6.07) is 0. The molecule has 0 radical (unpaired) electrons. The van der Waals surface area contributed by atoms with Crippen LogP contribution in [0, 0.1) is 22.7 Å². The van der Waals surface area contributed by atoms with Crippen LogP contribution in [0.1, 0.15) is 128 Å². The highest BCUT2D eigenvalue weighted by Gasteiger charge is 2.51. The highest BCUT2D eigenvalue weighted by atomic mass is 28.4. The second-order valence-corrected chi connectivity index (χ2v) is 28.8. The van der Waals surface area contributed by atoms with Crippen LogP contribution >= 0.6 is 0 Å². The molecule has 0 aromatic heterocycles. The number of ether oxygens (including phenoxy) is 1. The SMILES string of the molecule is C[C@@H](OCCC(C)(C)C)C1CCC2/C(=C/C=C3C[C@@H](O[Si](C)(C)C(C)(C)C)C(O)[C@H](O[Si](C)(C)C(C)(C)C)C3)CCCC21C. The molecule has 1 N–H and O–H groups in total. The van der Waals surface area contributed by atoms with E-state index in [0.29, 0.717) is 28.8 Å². The molecular formula is C38H72O4Si2. The summed E-state index contributed by atoms with van der Waals surface area (Å²) in [5.74, 6) is 1.26. The Hall–Kier alpha value is -0.246. The van der Waals surface area contributed by atoms with Gasteiger partial charge in [-0.1, -0.05) is 92.5 Å². The molecule has 6 atom stereocenters. The number of rotatable bonds is 9. The predicted octanol–water partition coefficient (Wildman–Crippen LogP) is 10.8. The largest absolute Gasteiger partial charge is 0.411 e. The molecule has 3 fully saturated rings. The highest BCUT2D eigenvalue weighted by Crippen LogP contribution is 2.58. The molecule has 0 aromatic rings. The summed E-state index contributed by atoms with van der Waals surface area (Å²) in [5, 5.41) is 11.9. The molecule has 3 aliphatic rings. The Morgan fingerprint density at radius 2 is 1.39 bits per heavy atom. The van der Waals surface area contributed by atoms with Gasteiger partial charge in [0.15, 0.2) is 16.6 Å². The molecule has 3 unspecified atom stereocenters. The standard InChI is InChI=1S/C38H72O4Si2/c1-27(40-24-23-35(2,3)4)30-20-21-31-29(17-16-22-38(30,31)11)19-18-28-25-32(41-43(12,13)36(5,6)7)34(39)33(26-28)42-44(14,15)37(8,9)10/h18-19,27,30-34,39H,16-17,20-26H2,1-15H3/b28-18?,29-19+/t27-,30?,31?,32-,33-,34?,38?/m1/s1. The van der Waals surface area contributed by atoms with Crippen molar-refractivity contribution in [3.8, 4) is 0 Å². The van der Waals surface area contributed by atoms with E-state index in [9.17, 15) is 5.11 Å². The molecule has 0 saturated heterocycles. The lowest BCUT2D eigenvalue weighted by molar-refractivity contribution is -0.0604. The van der Waals surface area contributed by atoms with Gasteiger partial charge in [0.25, 0.3) is 0 Å². The summed E-state index contributed by atoms with van der Waals surface area (Å²) < 4.78 is 20.4. The summed E-state index contributed by atoms with van der Waals surface area (Å²) >= 11 is 0. The van der Waals surface area contributed by atoms with Crippen molar-refractivity contribution in [3.05, 3.63) is 23.3 Å². The third-order valence-corrected chi connectivity index (χ3v) is 21.6. The second kappa shape index (κ2) is 13.7. The average Bonchev–Trinajstić information content (AvgIpc) is 3.20. The van der Waals surface area contributed by atoms with Crippen LogP contribution in [0.4, 0.5) is 0 Å². The van der Waals surface area contributed by atoms with Gasteiger partial charge in [0.1, 0.15) is 6.10 Å². The minimum Gasteiger partial charge on any atom is -0.411 e. The molecule has 0 heterocycles. The van der Waals surface area contributed by atoms with Gasteiger partial charge < -0.3 is 18.7 Å². The zero-order chi connectivity index (χ0) is 33.5. The number of hydrogen-bond acceptors (Lipinski definition) is 4. The number of fused-ring (bicyclic) bond motifs is 1. The van der Waals surface area contributed by atoms with Crippen LogP contribution in [0.2, 0.25) is 36.3 Å². The number of aliphatic hydroxyl groups excluding tert-OH is 1. The Morgan fingerprint density at radius 3 is 1.86 bits per heavy atom. The molecule has 44 heavy (non-hydrogen) atoms. The first-order valence-electron chi connectivity index (χ1n) is 17.9. The van der Waals surface area contributed by atoms with E-state index >= 15 is 0 Å². The van der Waals surface area contributed by atoms with E-state index in [4.69, 9.17) is 13.6 Å². The van der Waals surface area contributed by atoms with Gasteiger partial charge in [-0.2, -0.15) is 0 Å². The lowest BCUT2D eigenvalue weighted by atomic mass is 9.62. The van der Waals surface area contributed by atoms with E-state index in [2.05, 4.69) is 115 Å². The van der Waals surface area contributed by atoms with Crippen molar-refractivity contribution < 1.29 is 18.7 Å². The minimum absolute atomic E-state index is 0.0883. The zero-order valence-electron chi connectivity index (χ0n) is 31.7. The summed E-state index contributed by atoms with van der Waals surface area (Å²) in [5.41, 5.74) is 3.63. The maximum absolute atomic E-state index is 11.7. The van der Waals surface area contributed by atoms with Crippen molar-refractivity contribution in [2.45, 2.75) is 188 Å². The van der Waals surface area contributed by atoms with Crippen molar-refractivity contribution in [2.24, 2.45) is 22.7 Å². The monoisotopic (exact) mass is 648 g/mol. The van der Waals surface area contributed by atoms with Crippen LogP contribution in [0.5, 0.6) is 0 Å². The van der Waals surface area contributed by atoms with Crippen molar-refractivity contribution in [1.29, 1.82) is 0 Å². The smallest absolute Gasteiger partial charge is 0.192 e. The molecule has 0 aliphatic heterocycles. The molecule has 256 valence electrons. The Balaban J connectivity index is 1.85. The van der Waals surface area contributed by atoms with Gasteiger partial charge in [-0.15, -0.1) is 0 Å². The Kier molecular flexibility index (Phi) is 11.9. The Bertz CT molecular complexity index is 985. The van der Waals surface area contributed by atoms with E-state index in [1.165, 1.54) is 37.7 Å². The van der Waals surface area contributed by atoms with Crippen molar-refractivity contribution in [1.82, 2.24) is 0 Å². The molecule has 4 nitrogen and oxygen atoms in total. The summed E-state index contributed by atoms with van der Waals surface area (Å²) in [4.78, 5) is 0. The third kappa shape index (κ3) is 9.01. The van der Waals surface area contributed by atoms with E-state index < -0.39 is 22.7 Å². The van der Waals surface area contributed by atoms with Crippen LogP contribution in [0.15, 0.2) is 23.3 Å². The van der Waals surface area contributed by atoms with Crippen LogP contribution in [0.3, 0.4) is 0 Å². The van der Waals surface area contributed by atoms with E-state index in [-0.39, 0.29) is 22.3 Å². The fourth-order valence-electron chi connectivity index (χ4n) is 7.49. The highest BCUT2D eigenvalue weighted by molar-refractivity contribution is 6.74. The van der Waals surface area contributed by atoms with Gasteiger partial charge in [-0.05, 0) is 117 Å². The topological polar surface area (TPSA) is 47.9 Å². The van der Waals surface area contributed by atoms with Crippen LogP contribution in [-0.2, 0) is 13.6 Å². The Labute approximate surface area is 275 Å². The molecule has 0 amide bonds. The fourth-order valence-corrected chi connectivity index (χ4v) is 10.2. The van der Waals surface area contributed by atoms with Crippen LogP contribution in [-0.4, -0.2) is 52.8 Å². The zero-order valence-corrected chi connectivity index (χ0v) is 33.7. The molecule has 3 aliphatic carbocycles. The van der Waals surface area contributed by atoms with Gasteiger partial charge in [0.2, 0.25) is 0 Å². The average molecular weight is 649 g/mol. The first-order valence-corrected chi connectivity index (χ1v) is 23.7. The Morgan fingerprint density at radius 1 is 0.864 bits per heavy atom. The van der Waals surface area contributed by atoms with Gasteiger partial charge >= 0.3 is 0 Å². The normalized spacial score (nSPS) is 32.6. The van der Waals surface area contributed by atoms with E-state index in [0.717, 1.165) is 25.9 Å². The molecule has 0 bridgehead atoms. The van der Waals surface area contributed by atoms with Crippen molar-refractivity contribution in [3.63, 3.8) is 0 Å². The molecular weight excluding hydrogens is 577 g/mol.